The maximum Gasteiger partial charge on any atom is 0.243 e. The lowest BCUT2D eigenvalue weighted by Gasteiger charge is -2.22. The molecule has 2 aromatic rings. The average molecular weight is 494 g/mol. The number of guanidine groups is 1. The molecule has 5 nitrogen and oxygen atoms in total. The number of nitrogens with zero attached hydrogens (tertiary/aromatic N) is 2. The van der Waals surface area contributed by atoms with E-state index in [1.807, 2.05) is 0 Å². The SMILES string of the molecule is CC(NC(=NCC(=O)N(C)C)NC1CCCC1)c1ccc2ccccc2c1.I. The first kappa shape index (κ1) is 22.5. The third kappa shape index (κ3) is 6.09. The molecule has 0 radical (unpaired) electrons. The first-order valence-corrected chi connectivity index (χ1v) is 9.79. The Morgan fingerprint density at radius 3 is 2.50 bits per heavy atom. The molecule has 2 N–H and O–H groups in total. The Bertz CT molecular complexity index is 815. The van der Waals surface area contributed by atoms with Crippen LogP contribution >= 0.6 is 24.0 Å². The predicted octanol–water partition coefficient (Wildman–Crippen LogP) is 4.08. The molecule has 1 unspecified atom stereocenters. The molecule has 0 spiro atoms. The van der Waals surface area contributed by atoms with E-state index in [9.17, 15) is 4.79 Å². The normalized spacial score (nSPS) is 15.8. The van der Waals surface area contributed by atoms with Crippen LogP contribution in [0.1, 0.15) is 44.2 Å². The molecule has 1 amide bonds. The number of hydrogen-bond donors (Lipinski definition) is 2. The number of likely N-dealkylation sites (N-methyl/N-ethyl adjacent to an activating group) is 1. The highest BCUT2D eigenvalue weighted by Crippen LogP contribution is 2.21. The van der Waals surface area contributed by atoms with Crippen molar-refractivity contribution in [1.29, 1.82) is 0 Å². The summed E-state index contributed by atoms with van der Waals surface area (Å²) >= 11 is 0. The molecular weight excluding hydrogens is 463 g/mol. The van der Waals surface area contributed by atoms with Crippen LogP contribution in [-0.2, 0) is 4.79 Å². The first-order valence-electron chi connectivity index (χ1n) is 9.79. The van der Waals surface area contributed by atoms with Gasteiger partial charge >= 0.3 is 0 Å². The second kappa shape index (κ2) is 10.6. The van der Waals surface area contributed by atoms with Crippen LogP contribution in [0.25, 0.3) is 10.8 Å². The lowest BCUT2D eigenvalue weighted by molar-refractivity contribution is -0.127. The summed E-state index contributed by atoms with van der Waals surface area (Å²) in [5, 5.41) is 9.47. The van der Waals surface area contributed by atoms with Gasteiger partial charge in [-0.1, -0.05) is 49.2 Å². The molecule has 28 heavy (non-hydrogen) atoms. The van der Waals surface area contributed by atoms with E-state index in [1.165, 1.54) is 29.2 Å². The van der Waals surface area contributed by atoms with Crippen molar-refractivity contribution >= 4 is 46.6 Å². The van der Waals surface area contributed by atoms with Crippen molar-refractivity contribution in [2.24, 2.45) is 4.99 Å². The fourth-order valence-corrected chi connectivity index (χ4v) is 3.45. The van der Waals surface area contributed by atoms with Crippen molar-refractivity contribution < 1.29 is 4.79 Å². The second-order valence-electron chi connectivity index (χ2n) is 7.55. The minimum atomic E-state index is 0. The third-order valence-corrected chi connectivity index (χ3v) is 5.19. The Balaban J connectivity index is 0.00000280. The van der Waals surface area contributed by atoms with E-state index in [0.29, 0.717) is 6.04 Å². The van der Waals surface area contributed by atoms with E-state index in [0.717, 1.165) is 18.8 Å². The van der Waals surface area contributed by atoms with Gasteiger partial charge in [-0.2, -0.15) is 0 Å². The van der Waals surface area contributed by atoms with Crippen molar-refractivity contribution in [2.75, 3.05) is 20.6 Å². The lowest BCUT2D eigenvalue weighted by Crippen LogP contribution is -2.44. The quantitative estimate of drug-likeness (QED) is 0.374. The van der Waals surface area contributed by atoms with Crippen LogP contribution in [0.3, 0.4) is 0 Å². The molecule has 0 heterocycles. The largest absolute Gasteiger partial charge is 0.354 e. The van der Waals surface area contributed by atoms with E-state index in [-0.39, 0.29) is 42.5 Å². The van der Waals surface area contributed by atoms with Gasteiger partial charge in [0.25, 0.3) is 0 Å². The molecule has 0 aliphatic heterocycles. The van der Waals surface area contributed by atoms with E-state index < -0.39 is 0 Å². The van der Waals surface area contributed by atoms with Crippen LogP contribution in [0, 0.1) is 0 Å². The van der Waals surface area contributed by atoms with Gasteiger partial charge in [-0.15, -0.1) is 24.0 Å². The van der Waals surface area contributed by atoms with Crippen molar-refractivity contribution in [3.63, 3.8) is 0 Å². The molecule has 1 aliphatic carbocycles. The first-order chi connectivity index (χ1) is 13.0. The number of aliphatic imine (C=N–C) groups is 1. The second-order valence-corrected chi connectivity index (χ2v) is 7.55. The van der Waals surface area contributed by atoms with Crippen LogP contribution in [0.5, 0.6) is 0 Å². The highest BCUT2D eigenvalue weighted by molar-refractivity contribution is 14.0. The lowest BCUT2D eigenvalue weighted by atomic mass is 10.0. The van der Waals surface area contributed by atoms with Gasteiger partial charge in [0, 0.05) is 20.1 Å². The van der Waals surface area contributed by atoms with Crippen LogP contribution < -0.4 is 10.6 Å². The summed E-state index contributed by atoms with van der Waals surface area (Å²) in [4.78, 5) is 18.1. The molecule has 1 atom stereocenters. The van der Waals surface area contributed by atoms with E-state index in [1.54, 1.807) is 19.0 Å². The zero-order valence-electron chi connectivity index (χ0n) is 16.9. The zero-order chi connectivity index (χ0) is 19.2. The zero-order valence-corrected chi connectivity index (χ0v) is 19.3. The monoisotopic (exact) mass is 494 g/mol. The Labute approximate surface area is 185 Å². The molecule has 0 aromatic heterocycles. The molecule has 1 aliphatic rings. The number of hydrogen-bond acceptors (Lipinski definition) is 2. The third-order valence-electron chi connectivity index (χ3n) is 5.19. The Kier molecular flexibility index (Phi) is 8.54. The summed E-state index contributed by atoms with van der Waals surface area (Å²) in [6, 6.07) is 15.4. The molecule has 152 valence electrons. The molecule has 3 rings (SSSR count). The van der Waals surface area contributed by atoms with E-state index in [4.69, 9.17) is 0 Å². The van der Waals surface area contributed by atoms with E-state index in [2.05, 4.69) is 65.0 Å². The topological polar surface area (TPSA) is 56.7 Å². The summed E-state index contributed by atoms with van der Waals surface area (Å²) in [5.41, 5.74) is 1.20. The summed E-state index contributed by atoms with van der Waals surface area (Å²) in [6.07, 6.45) is 4.82. The Morgan fingerprint density at radius 2 is 1.82 bits per heavy atom. The molecule has 2 aromatic carbocycles. The average Bonchev–Trinajstić information content (AvgIpc) is 3.18. The molecular formula is C22H31IN4O. The van der Waals surface area contributed by atoms with Gasteiger partial charge in [-0.05, 0) is 42.2 Å². The van der Waals surface area contributed by atoms with Crippen LogP contribution in [0.4, 0.5) is 0 Å². The molecule has 0 saturated heterocycles. The molecule has 0 bridgehead atoms. The smallest absolute Gasteiger partial charge is 0.243 e. The number of rotatable bonds is 5. The Hall–Kier alpha value is -1.83. The summed E-state index contributed by atoms with van der Waals surface area (Å²) in [5.74, 6) is 0.721. The van der Waals surface area contributed by atoms with Gasteiger partial charge in [0.2, 0.25) is 5.91 Å². The van der Waals surface area contributed by atoms with Gasteiger partial charge in [0.1, 0.15) is 6.54 Å². The number of nitrogens with one attached hydrogen (secondary N) is 2. The highest BCUT2D eigenvalue weighted by atomic mass is 127. The maximum atomic E-state index is 11.9. The molecule has 1 saturated carbocycles. The number of carbonyl (C=O) groups excluding carboxylic acids is 1. The minimum absolute atomic E-state index is 0. The van der Waals surface area contributed by atoms with Crippen LogP contribution in [-0.4, -0.2) is 43.4 Å². The van der Waals surface area contributed by atoms with Crippen LogP contribution in [0.2, 0.25) is 0 Å². The number of amides is 1. The van der Waals surface area contributed by atoms with E-state index >= 15 is 0 Å². The number of halogens is 1. The van der Waals surface area contributed by atoms with Crippen molar-refractivity contribution in [3.05, 3.63) is 48.0 Å². The van der Waals surface area contributed by atoms with Gasteiger partial charge < -0.3 is 15.5 Å². The van der Waals surface area contributed by atoms with Gasteiger partial charge in [-0.3, -0.25) is 4.79 Å². The number of fused-ring (bicyclic) bond motifs is 1. The number of benzene rings is 2. The standard InChI is InChI=1S/C22H30N4O.HI/c1-16(18-13-12-17-8-4-5-9-19(17)14-18)24-22(23-15-21(27)26(2)3)25-20-10-6-7-11-20;/h4-5,8-9,12-14,16,20H,6-7,10-11,15H2,1-3H3,(H2,23,24,25);1H. The Morgan fingerprint density at radius 1 is 1.14 bits per heavy atom. The molecule has 1 fully saturated rings. The maximum absolute atomic E-state index is 11.9. The summed E-state index contributed by atoms with van der Waals surface area (Å²) in [6.45, 7) is 2.28. The van der Waals surface area contributed by atoms with Gasteiger partial charge in [0.05, 0.1) is 6.04 Å². The minimum Gasteiger partial charge on any atom is -0.354 e. The predicted molar refractivity (Wildman–Crippen MR) is 127 cm³/mol. The van der Waals surface area contributed by atoms with Crippen molar-refractivity contribution in [1.82, 2.24) is 15.5 Å². The highest BCUT2D eigenvalue weighted by Gasteiger charge is 2.18. The summed E-state index contributed by atoms with van der Waals surface area (Å²) < 4.78 is 0. The van der Waals surface area contributed by atoms with Crippen LogP contribution in [0.15, 0.2) is 47.5 Å². The van der Waals surface area contributed by atoms with Gasteiger partial charge in [0.15, 0.2) is 5.96 Å². The van der Waals surface area contributed by atoms with Gasteiger partial charge in [-0.25, -0.2) is 4.99 Å². The number of carbonyl (C=O) groups is 1. The van der Waals surface area contributed by atoms with Crippen molar-refractivity contribution in [3.8, 4) is 0 Å². The summed E-state index contributed by atoms with van der Waals surface area (Å²) in [7, 11) is 3.51. The fourth-order valence-electron chi connectivity index (χ4n) is 3.45. The fraction of sp³-hybridized carbons (Fsp3) is 0.455. The van der Waals surface area contributed by atoms with Crippen molar-refractivity contribution in [2.45, 2.75) is 44.7 Å². The molecule has 6 heteroatoms.